The number of hydrogen-bond acceptors (Lipinski definition) is 2. The SMILES string of the molecule is CCNC(Cc1cccnc1)c1cc(F)ccc1F. The third-order valence-corrected chi connectivity index (χ3v) is 2.95. The summed E-state index contributed by atoms with van der Waals surface area (Å²) >= 11 is 0. The average Bonchev–Trinajstić information content (AvgIpc) is 2.42. The first-order valence-electron chi connectivity index (χ1n) is 6.28. The van der Waals surface area contributed by atoms with E-state index in [0.29, 0.717) is 18.5 Å². The first-order chi connectivity index (χ1) is 9.20. The van der Waals surface area contributed by atoms with Gasteiger partial charge in [-0.1, -0.05) is 13.0 Å². The van der Waals surface area contributed by atoms with Crippen molar-refractivity contribution in [3.05, 3.63) is 65.5 Å². The summed E-state index contributed by atoms with van der Waals surface area (Å²) in [4.78, 5) is 4.04. The largest absolute Gasteiger partial charge is 0.310 e. The van der Waals surface area contributed by atoms with Gasteiger partial charge in [0, 0.05) is 24.0 Å². The molecule has 1 atom stereocenters. The van der Waals surface area contributed by atoms with Gasteiger partial charge in [-0.15, -0.1) is 0 Å². The molecule has 0 saturated heterocycles. The van der Waals surface area contributed by atoms with Gasteiger partial charge < -0.3 is 5.32 Å². The summed E-state index contributed by atoms with van der Waals surface area (Å²) in [6.07, 6.45) is 4.00. The van der Waals surface area contributed by atoms with Crippen molar-refractivity contribution >= 4 is 0 Å². The van der Waals surface area contributed by atoms with Crippen LogP contribution in [0.15, 0.2) is 42.7 Å². The van der Waals surface area contributed by atoms with E-state index in [1.165, 1.54) is 6.07 Å². The van der Waals surface area contributed by atoms with E-state index in [1.54, 1.807) is 12.4 Å². The van der Waals surface area contributed by atoms with Crippen molar-refractivity contribution in [3.8, 4) is 0 Å². The fourth-order valence-electron chi connectivity index (χ4n) is 2.07. The van der Waals surface area contributed by atoms with Crippen LogP contribution in [-0.4, -0.2) is 11.5 Å². The summed E-state index contributed by atoms with van der Waals surface area (Å²) in [5, 5.41) is 3.18. The Balaban J connectivity index is 2.27. The molecule has 0 bridgehead atoms. The monoisotopic (exact) mass is 262 g/mol. The molecule has 0 aliphatic carbocycles. The van der Waals surface area contributed by atoms with Gasteiger partial charge in [-0.05, 0) is 42.8 Å². The lowest BCUT2D eigenvalue weighted by Crippen LogP contribution is -2.24. The molecule has 1 aromatic carbocycles. The van der Waals surface area contributed by atoms with E-state index in [4.69, 9.17) is 0 Å². The molecule has 1 heterocycles. The zero-order valence-electron chi connectivity index (χ0n) is 10.7. The summed E-state index contributed by atoms with van der Waals surface area (Å²) < 4.78 is 27.1. The van der Waals surface area contributed by atoms with Crippen LogP contribution in [0.5, 0.6) is 0 Å². The van der Waals surface area contributed by atoms with Gasteiger partial charge >= 0.3 is 0 Å². The van der Waals surface area contributed by atoms with Gasteiger partial charge in [-0.2, -0.15) is 0 Å². The highest BCUT2D eigenvalue weighted by atomic mass is 19.1. The van der Waals surface area contributed by atoms with Gasteiger partial charge in [0.25, 0.3) is 0 Å². The van der Waals surface area contributed by atoms with Crippen molar-refractivity contribution in [2.45, 2.75) is 19.4 Å². The van der Waals surface area contributed by atoms with Crippen molar-refractivity contribution in [1.29, 1.82) is 0 Å². The fourth-order valence-corrected chi connectivity index (χ4v) is 2.07. The summed E-state index contributed by atoms with van der Waals surface area (Å²) in [5.74, 6) is -0.818. The van der Waals surface area contributed by atoms with E-state index >= 15 is 0 Å². The predicted octanol–water partition coefficient (Wildman–Crippen LogP) is 3.25. The summed E-state index contributed by atoms with van der Waals surface area (Å²) in [5.41, 5.74) is 1.34. The normalized spacial score (nSPS) is 12.4. The molecule has 0 saturated carbocycles. The standard InChI is InChI=1S/C15H16F2N2/c1-2-19-15(8-11-4-3-7-18-10-11)13-9-12(16)5-6-14(13)17/h3-7,9-10,15,19H,2,8H2,1H3. The predicted molar refractivity (Wildman–Crippen MR) is 70.7 cm³/mol. The van der Waals surface area contributed by atoms with Gasteiger partial charge in [-0.3, -0.25) is 4.98 Å². The molecule has 100 valence electrons. The Morgan fingerprint density at radius 2 is 2.11 bits per heavy atom. The number of nitrogens with zero attached hydrogens (tertiary/aromatic N) is 1. The van der Waals surface area contributed by atoms with Crippen molar-refractivity contribution in [3.63, 3.8) is 0 Å². The zero-order valence-corrected chi connectivity index (χ0v) is 10.7. The molecule has 0 aliphatic heterocycles. The highest BCUT2D eigenvalue weighted by Gasteiger charge is 2.16. The molecule has 0 aliphatic rings. The molecule has 2 aromatic rings. The van der Waals surface area contributed by atoms with E-state index in [1.807, 2.05) is 19.1 Å². The Kier molecular flexibility index (Phi) is 4.58. The second kappa shape index (κ2) is 6.38. The lowest BCUT2D eigenvalue weighted by Gasteiger charge is -2.19. The number of nitrogens with one attached hydrogen (secondary N) is 1. The van der Waals surface area contributed by atoms with E-state index in [2.05, 4.69) is 10.3 Å². The third-order valence-electron chi connectivity index (χ3n) is 2.95. The van der Waals surface area contributed by atoms with Crippen LogP contribution in [0.2, 0.25) is 0 Å². The number of pyridine rings is 1. The topological polar surface area (TPSA) is 24.9 Å². The molecule has 1 N–H and O–H groups in total. The van der Waals surface area contributed by atoms with E-state index in [0.717, 1.165) is 17.7 Å². The van der Waals surface area contributed by atoms with Crippen LogP contribution in [0.3, 0.4) is 0 Å². The summed E-state index contributed by atoms with van der Waals surface area (Å²) in [6.45, 7) is 2.62. The number of rotatable bonds is 5. The second-order valence-electron chi connectivity index (χ2n) is 4.34. The van der Waals surface area contributed by atoms with E-state index < -0.39 is 11.6 Å². The molecule has 2 nitrogen and oxygen atoms in total. The molecule has 4 heteroatoms. The Hall–Kier alpha value is -1.81. The molecule has 0 fully saturated rings. The molecular weight excluding hydrogens is 246 g/mol. The van der Waals surface area contributed by atoms with Gasteiger partial charge in [-0.25, -0.2) is 8.78 Å². The molecule has 0 radical (unpaired) electrons. The zero-order chi connectivity index (χ0) is 13.7. The minimum Gasteiger partial charge on any atom is -0.310 e. The van der Waals surface area contributed by atoms with Crippen LogP contribution in [0, 0.1) is 11.6 Å². The maximum atomic E-state index is 13.8. The molecule has 19 heavy (non-hydrogen) atoms. The van der Waals surface area contributed by atoms with Crippen LogP contribution in [0.4, 0.5) is 8.78 Å². The lowest BCUT2D eigenvalue weighted by atomic mass is 9.99. The van der Waals surface area contributed by atoms with Gasteiger partial charge in [0.05, 0.1) is 0 Å². The van der Waals surface area contributed by atoms with E-state index in [9.17, 15) is 8.78 Å². The number of hydrogen-bond donors (Lipinski definition) is 1. The quantitative estimate of drug-likeness (QED) is 0.894. The third kappa shape index (κ3) is 3.58. The van der Waals surface area contributed by atoms with Crippen molar-refractivity contribution in [1.82, 2.24) is 10.3 Å². The Bertz CT molecular complexity index is 529. The first kappa shape index (κ1) is 13.6. The highest BCUT2D eigenvalue weighted by Crippen LogP contribution is 2.22. The number of aromatic nitrogens is 1. The molecule has 0 spiro atoms. The second-order valence-corrected chi connectivity index (χ2v) is 4.34. The first-order valence-corrected chi connectivity index (χ1v) is 6.28. The molecule has 1 unspecified atom stereocenters. The molecule has 1 aromatic heterocycles. The summed E-state index contributed by atoms with van der Waals surface area (Å²) in [7, 11) is 0. The van der Waals surface area contributed by atoms with Crippen LogP contribution in [0.1, 0.15) is 24.1 Å². The molecule has 0 amide bonds. The van der Waals surface area contributed by atoms with Crippen LogP contribution in [-0.2, 0) is 6.42 Å². The number of likely N-dealkylation sites (N-methyl/N-ethyl adjacent to an activating group) is 1. The van der Waals surface area contributed by atoms with Crippen molar-refractivity contribution in [2.75, 3.05) is 6.54 Å². The maximum absolute atomic E-state index is 13.8. The maximum Gasteiger partial charge on any atom is 0.128 e. The molecular formula is C15H16F2N2. The van der Waals surface area contributed by atoms with Crippen LogP contribution in [0.25, 0.3) is 0 Å². The number of benzene rings is 1. The van der Waals surface area contributed by atoms with Gasteiger partial charge in [0.2, 0.25) is 0 Å². The highest BCUT2D eigenvalue weighted by molar-refractivity contribution is 5.25. The number of halogens is 2. The fraction of sp³-hybridized carbons (Fsp3) is 0.267. The summed E-state index contributed by atoms with van der Waals surface area (Å²) in [6, 6.07) is 7.04. The van der Waals surface area contributed by atoms with Crippen molar-refractivity contribution < 1.29 is 8.78 Å². The minimum absolute atomic E-state index is 0.259. The lowest BCUT2D eigenvalue weighted by molar-refractivity contribution is 0.501. The van der Waals surface area contributed by atoms with Gasteiger partial charge in [0.1, 0.15) is 11.6 Å². The van der Waals surface area contributed by atoms with Crippen LogP contribution >= 0.6 is 0 Å². The molecule has 2 rings (SSSR count). The minimum atomic E-state index is -0.425. The van der Waals surface area contributed by atoms with Gasteiger partial charge in [0.15, 0.2) is 0 Å². The average molecular weight is 262 g/mol. The Morgan fingerprint density at radius 3 is 2.79 bits per heavy atom. The Morgan fingerprint density at radius 1 is 1.26 bits per heavy atom. The smallest absolute Gasteiger partial charge is 0.128 e. The van der Waals surface area contributed by atoms with Crippen molar-refractivity contribution in [2.24, 2.45) is 0 Å². The van der Waals surface area contributed by atoms with E-state index in [-0.39, 0.29) is 6.04 Å². The Labute approximate surface area is 111 Å². The van der Waals surface area contributed by atoms with Crippen LogP contribution < -0.4 is 5.32 Å².